The fraction of sp³-hybridized carbons (Fsp3) is 0.158. The first-order valence-corrected chi connectivity index (χ1v) is 7.87. The van der Waals surface area contributed by atoms with Gasteiger partial charge in [0.2, 0.25) is 0 Å². The molecule has 0 aliphatic rings. The number of methoxy groups -OCH3 is 1. The van der Waals surface area contributed by atoms with E-state index in [2.05, 4.69) is 5.10 Å². The Labute approximate surface area is 149 Å². The van der Waals surface area contributed by atoms with E-state index >= 15 is 0 Å². The minimum atomic E-state index is -0.456. The average molecular weight is 356 g/mol. The molecule has 0 atom stereocenters. The highest BCUT2D eigenvalue weighted by atomic mass is 19.1. The van der Waals surface area contributed by atoms with Gasteiger partial charge in [0.05, 0.1) is 26.0 Å². The van der Waals surface area contributed by atoms with E-state index in [0.717, 1.165) is 5.56 Å². The summed E-state index contributed by atoms with van der Waals surface area (Å²) in [6.07, 6.45) is 0. The number of hydrogen-bond acceptors (Lipinski definition) is 5. The van der Waals surface area contributed by atoms with Gasteiger partial charge in [-0.3, -0.25) is 4.79 Å². The van der Waals surface area contributed by atoms with E-state index in [4.69, 9.17) is 9.47 Å². The maximum atomic E-state index is 13.0. The second-order valence-corrected chi connectivity index (χ2v) is 5.52. The Balaban J connectivity index is 1.91. The summed E-state index contributed by atoms with van der Waals surface area (Å²) in [5.74, 6) is 0.622. The number of hydrogen-bond donors (Lipinski definition) is 1. The highest BCUT2D eigenvalue weighted by molar-refractivity contribution is 5.31. The van der Waals surface area contributed by atoms with E-state index in [9.17, 15) is 14.3 Å². The van der Waals surface area contributed by atoms with E-state index in [1.807, 2.05) is 12.1 Å². The van der Waals surface area contributed by atoms with Crippen LogP contribution in [0.15, 0.2) is 59.4 Å². The molecule has 3 aromatic rings. The molecule has 1 aromatic heterocycles. The molecule has 26 heavy (non-hydrogen) atoms. The summed E-state index contributed by atoms with van der Waals surface area (Å²) in [6.45, 7) is -0.140. The molecule has 0 spiro atoms. The van der Waals surface area contributed by atoms with Crippen molar-refractivity contribution in [3.63, 3.8) is 0 Å². The molecule has 0 unspecified atom stereocenters. The van der Waals surface area contributed by atoms with Crippen LogP contribution in [0, 0.1) is 5.82 Å². The molecule has 134 valence electrons. The van der Waals surface area contributed by atoms with Crippen molar-refractivity contribution >= 4 is 0 Å². The molecular formula is C19H17FN2O4. The van der Waals surface area contributed by atoms with Crippen LogP contribution in [-0.2, 0) is 13.2 Å². The van der Waals surface area contributed by atoms with E-state index in [1.54, 1.807) is 19.2 Å². The number of rotatable bonds is 6. The second-order valence-electron chi connectivity index (χ2n) is 5.52. The van der Waals surface area contributed by atoms with E-state index in [0.29, 0.717) is 11.5 Å². The lowest BCUT2D eigenvalue weighted by Gasteiger charge is -2.11. The summed E-state index contributed by atoms with van der Waals surface area (Å²) in [5.41, 5.74) is 0.667. The predicted molar refractivity (Wildman–Crippen MR) is 93.0 cm³/mol. The number of halogens is 1. The van der Waals surface area contributed by atoms with E-state index in [-0.39, 0.29) is 24.6 Å². The highest BCUT2D eigenvalue weighted by Gasteiger charge is 2.11. The molecule has 1 N–H and O–H groups in total. The van der Waals surface area contributed by atoms with Gasteiger partial charge < -0.3 is 14.6 Å². The summed E-state index contributed by atoms with van der Waals surface area (Å²) in [6, 6.07) is 13.9. The van der Waals surface area contributed by atoms with Crippen molar-refractivity contribution in [3.05, 3.63) is 82.0 Å². The van der Waals surface area contributed by atoms with Crippen LogP contribution < -0.4 is 15.0 Å². The van der Waals surface area contributed by atoms with Crippen molar-refractivity contribution in [2.24, 2.45) is 0 Å². The monoisotopic (exact) mass is 356 g/mol. The smallest absolute Gasteiger partial charge is 0.310 e. The highest BCUT2D eigenvalue weighted by Crippen LogP contribution is 2.19. The Bertz CT molecular complexity index is 937. The minimum Gasteiger partial charge on any atom is -0.497 e. The first-order chi connectivity index (χ1) is 12.6. The van der Waals surface area contributed by atoms with Gasteiger partial charge in [0, 0.05) is 6.07 Å². The van der Waals surface area contributed by atoms with Crippen LogP contribution in [0.5, 0.6) is 17.2 Å². The number of aliphatic hydroxyl groups excluding tert-OH is 1. The van der Waals surface area contributed by atoms with Crippen LogP contribution in [0.4, 0.5) is 4.39 Å². The molecule has 0 aliphatic heterocycles. The zero-order valence-corrected chi connectivity index (χ0v) is 14.1. The topological polar surface area (TPSA) is 73.6 Å². The van der Waals surface area contributed by atoms with Crippen molar-refractivity contribution in [2.45, 2.75) is 13.2 Å². The van der Waals surface area contributed by atoms with Crippen molar-refractivity contribution in [1.29, 1.82) is 0 Å². The predicted octanol–water partition coefficient (Wildman–Crippen LogP) is 2.72. The second kappa shape index (κ2) is 7.79. The summed E-state index contributed by atoms with van der Waals surface area (Å²) < 4.78 is 24.9. The first-order valence-electron chi connectivity index (χ1n) is 7.87. The van der Waals surface area contributed by atoms with Crippen LogP contribution >= 0.6 is 0 Å². The molecule has 6 nitrogen and oxygen atoms in total. The maximum absolute atomic E-state index is 13.0. The fourth-order valence-electron chi connectivity index (χ4n) is 2.36. The van der Waals surface area contributed by atoms with E-state index < -0.39 is 11.4 Å². The van der Waals surface area contributed by atoms with Crippen LogP contribution in [0.25, 0.3) is 0 Å². The normalized spacial score (nSPS) is 10.6. The summed E-state index contributed by atoms with van der Waals surface area (Å²) in [7, 11) is 1.57. The van der Waals surface area contributed by atoms with Gasteiger partial charge >= 0.3 is 5.56 Å². The Kier molecular flexibility index (Phi) is 5.28. The molecule has 7 heteroatoms. The zero-order chi connectivity index (χ0) is 18.5. The average Bonchev–Trinajstić information content (AvgIpc) is 2.67. The van der Waals surface area contributed by atoms with Crippen LogP contribution in [0.2, 0.25) is 0 Å². The third kappa shape index (κ3) is 4.07. The molecule has 0 aliphatic carbocycles. The molecule has 3 rings (SSSR count). The Hall–Kier alpha value is -3.19. The largest absolute Gasteiger partial charge is 0.497 e. The van der Waals surface area contributed by atoms with Crippen molar-refractivity contribution < 1.29 is 19.0 Å². The van der Waals surface area contributed by atoms with Gasteiger partial charge in [-0.2, -0.15) is 5.10 Å². The Morgan fingerprint density at radius 1 is 1.08 bits per heavy atom. The molecule has 0 bridgehead atoms. The molecule has 0 radical (unpaired) electrons. The molecule has 0 fully saturated rings. The summed E-state index contributed by atoms with van der Waals surface area (Å²) in [4.78, 5) is 12.6. The zero-order valence-electron chi connectivity index (χ0n) is 14.1. The number of aromatic nitrogens is 2. The number of ether oxygens (including phenoxy) is 2. The summed E-state index contributed by atoms with van der Waals surface area (Å²) in [5, 5.41) is 13.5. The van der Waals surface area contributed by atoms with Gasteiger partial charge in [0.1, 0.15) is 17.3 Å². The lowest BCUT2D eigenvalue weighted by molar-refractivity contribution is 0.271. The van der Waals surface area contributed by atoms with E-state index in [1.165, 1.54) is 35.0 Å². The van der Waals surface area contributed by atoms with Gasteiger partial charge in [-0.05, 0) is 42.0 Å². The minimum absolute atomic E-state index is 0.00386. The Morgan fingerprint density at radius 2 is 1.73 bits per heavy atom. The molecule has 0 saturated heterocycles. The first kappa shape index (κ1) is 17.6. The van der Waals surface area contributed by atoms with Crippen LogP contribution in [-0.4, -0.2) is 22.0 Å². The molecule has 0 amide bonds. The lowest BCUT2D eigenvalue weighted by atomic mass is 10.2. The number of aliphatic hydroxyl groups is 1. The molecule has 0 saturated carbocycles. The summed E-state index contributed by atoms with van der Waals surface area (Å²) >= 11 is 0. The van der Waals surface area contributed by atoms with Crippen molar-refractivity contribution in [1.82, 2.24) is 9.78 Å². The van der Waals surface area contributed by atoms with Gasteiger partial charge in [0.15, 0.2) is 5.75 Å². The standard InChI is InChI=1S/C19H17FN2O4/c1-25-16-6-2-13(3-7-16)11-22-19(24)18(10-15(12-23)21-22)26-17-8-4-14(20)5-9-17/h2-10,23H,11-12H2,1H3. The fourth-order valence-corrected chi connectivity index (χ4v) is 2.36. The SMILES string of the molecule is COc1ccc(Cn2nc(CO)cc(Oc3ccc(F)cc3)c2=O)cc1. The molecule has 2 aromatic carbocycles. The quantitative estimate of drug-likeness (QED) is 0.735. The Morgan fingerprint density at radius 3 is 2.35 bits per heavy atom. The molecule has 1 heterocycles. The van der Waals surface area contributed by atoms with Crippen LogP contribution in [0.1, 0.15) is 11.3 Å². The number of nitrogens with zero attached hydrogens (tertiary/aromatic N) is 2. The van der Waals surface area contributed by atoms with Crippen molar-refractivity contribution in [3.8, 4) is 17.2 Å². The van der Waals surface area contributed by atoms with Gasteiger partial charge in [-0.15, -0.1) is 0 Å². The maximum Gasteiger partial charge on any atom is 0.310 e. The lowest BCUT2D eigenvalue weighted by Crippen LogP contribution is -2.25. The van der Waals surface area contributed by atoms with Gasteiger partial charge in [0.25, 0.3) is 0 Å². The number of benzene rings is 2. The third-order valence-electron chi connectivity index (χ3n) is 3.69. The van der Waals surface area contributed by atoms with Gasteiger partial charge in [-0.1, -0.05) is 12.1 Å². The van der Waals surface area contributed by atoms with Crippen molar-refractivity contribution in [2.75, 3.05) is 7.11 Å². The molecular weight excluding hydrogens is 339 g/mol. The van der Waals surface area contributed by atoms with Gasteiger partial charge in [-0.25, -0.2) is 9.07 Å². The van der Waals surface area contributed by atoms with Crippen LogP contribution in [0.3, 0.4) is 0 Å². The third-order valence-corrected chi connectivity index (χ3v) is 3.69.